The zero-order valence-corrected chi connectivity index (χ0v) is 13.7. The Bertz CT molecular complexity index is 510. The standard InChI is InChI=1S/C18H26N2O3/c1-14(15-9-5-4-6-10-15)17(22)19-16(13-21)18(23)20-11-7-2-3-8-12-20/h4-6,9-10,14,16,21H,2-3,7-8,11-13H2,1H3,(H,19,22)/t14?,16-/m0/s1. The van der Waals surface area contributed by atoms with Crippen LogP contribution < -0.4 is 5.32 Å². The molecule has 1 saturated heterocycles. The largest absolute Gasteiger partial charge is 0.394 e. The van der Waals surface area contributed by atoms with Gasteiger partial charge in [-0.15, -0.1) is 0 Å². The number of benzene rings is 1. The van der Waals surface area contributed by atoms with Gasteiger partial charge in [-0.1, -0.05) is 43.2 Å². The average molecular weight is 318 g/mol. The smallest absolute Gasteiger partial charge is 0.247 e. The first-order valence-electron chi connectivity index (χ1n) is 8.38. The Labute approximate surface area is 137 Å². The monoisotopic (exact) mass is 318 g/mol. The number of hydrogen-bond donors (Lipinski definition) is 2. The number of rotatable bonds is 5. The molecule has 0 aromatic heterocycles. The molecule has 0 radical (unpaired) electrons. The topological polar surface area (TPSA) is 69.6 Å². The van der Waals surface area contributed by atoms with Crippen LogP contribution in [0, 0.1) is 0 Å². The van der Waals surface area contributed by atoms with E-state index < -0.39 is 6.04 Å². The van der Waals surface area contributed by atoms with E-state index in [4.69, 9.17) is 0 Å². The molecule has 23 heavy (non-hydrogen) atoms. The molecule has 1 aliphatic heterocycles. The van der Waals surface area contributed by atoms with Crippen molar-refractivity contribution in [2.75, 3.05) is 19.7 Å². The Balaban J connectivity index is 1.97. The zero-order chi connectivity index (χ0) is 16.7. The van der Waals surface area contributed by atoms with Crippen molar-refractivity contribution in [1.29, 1.82) is 0 Å². The number of aliphatic hydroxyl groups is 1. The van der Waals surface area contributed by atoms with Crippen molar-refractivity contribution >= 4 is 11.8 Å². The molecule has 0 aliphatic carbocycles. The molecule has 5 nitrogen and oxygen atoms in total. The van der Waals surface area contributed by atoms with Gasteiger partial charge in [-0.2, -0.15) is 0 Å². The van der Waals surface area contributed by atoms with Gasteiger partial charge in [0.25, 0.3) is 0 Å². The Morgan fingerprint density at radius 1 is 1.13 bits per heavy atom. The van der Waals surface area contributed by atoms with E-state index in [1.807, 2.05) is 30.3 Å². The number of amides is 2. The maximum absolute atomic E-state index is 12.5. The molecule has 0 bridgehead atoms. The highest BCUT2D eigenvalue weighted by molar-refractivity contribution is 5.90. The lowest BCUT2D eigenvalue weighted by Gasteiger charge is -2.26. The summed E-state index contributed by atoms with van der Waals surface area (Å²) in [6.07, 6.45) is 4.23. The Kier molecular flexibility index (Phi) is 6.59. The summed E-state index contributed by atoms with van der Waals surface area (Å²) in [7, 11) is 0. The summed E-state index contributed by atoms with van der Waals surface area (Å²) in [5, 5.41) is 12.2. The van der Waals surface area contributed by atoms with E-state index in [0.29, 0.717) is 13.1 Å². The number of nitrogens with zero attached hydrogens (tertiary/aromatic N) is 1. The summed E-state index contributed by atoms with van der Waals surface area (Å²) in [5.41, 5.74) is 0.893. The number of nitrogens with one attached hydrogen (secondary N) is 1. The lowest BCUT2D eigenvalue weighted by atomic mass is 10.00. The molecule has 1 aromatic rings. The third kappa shape index (κ3) is 4.79. The van der Waals surface area contributed by atoms with Crippen molar-refractivity contribution < 1.29 is 14.7 Å². The van der Waals surface area contributed by atoms with E-state index in [-0.39, 0.29) is 24.3 Å². The minimum atomic E-state index is -0.855. The Morgan fingerprint density at radius 2 is 1.74 bits per heavy atom. The first-order valence-corrected chi connectivity index (χ1v) is 8.38. The predicted octanol–water partition coefficient (Wildman–Crippen LogP) is 1.67. The summed E-state index contributed by atoms with van der Waals surface area (Å²) >= 11 is 0. The minimum absolute atomic E-state index is 0.178. The van der Waals surface area contributed by atoms with Gasteiger partial charge < -0.3 is 15.3 Å². The second-order valence-corrected chi connectivity index (χ2v) is 6.12. The summed E-state index contributed by atoms with van der Waals surface area (Å²) in [6.45, 7) is 2.84. The number of likely N-dealkylation sites (tertiary alicyclic amines) is 1. The molecular weight excluding hydrogens is 292 g/mol. The fourth-order valence-corrected chi connectivity index (χ4v) is 2.89. The molecule has 5 heteroatoms. The van der Waals surface area contributed by atoms with E-state index in [0.717, 1.165) is 31.2 Å². The fourth-order valence-electron chi connectivity index (χ4n) is 2.89. The average Bonchev–Trinajstić information content (AvgIpc) is 2.88. The second kappa shape index (κ2) is 8.67. The molecule has 1 fully saturated rings. The molecule has 2 rings (SSSR count). The zero-order valence-electron chi connectivity index (χ0n) is 13.7. The van der Waals surface area contributed by atoms with Gasteiger partial charge in [0, 0.05) is 13.1 Å². The lowest BCUT2D eigenvalue weighted by molar-refractivity contribution is -0.137. The van der Waals surface area contributed by atoms with Crippen LogP contribution in [-0.2, 0) is 9.59 Å². The molecule has 126 valence electrons. The van der Waals surface area contributed by atoms with E-state index >= 15 is 0 Å². The highest BCUT2D eigenvalue weighted by Gasteiger charge is 2.27. The first-order chi connectivity index (χ1) is 11.1. The second-order valence-electron chi connectivity index (χ2n) is 6.12. The molecule has 2 amide bonds. The van der Waals surface area contributed by atoms with E-state index in [9.17, 15) is 14.7 Å². The summed E-state index contributed by atoms with van der Waals surface area (Å²) < 4.78 is 0. The van der Waals surface area contributed by atoms with Crippen LogP contribution in [0.15, 0.2) is 30.3 Å². The van der Waals surface area contributed by atoms with Gasteiger partial charge in [0.2, 0.25) is 11.8 Å². The third-order valence-electron chi connectivity index (χ3n) is 4.41. The predicted molar refractivity (Wildman–Crippen MR) is 88.9 cm³/mol. The third-order valence-corrected chi connectivity index (χ3v) is 4.41. The molecular formula is C18H26N2O3. The summed E-state index contributed by atoms with van der Waals surface area (Å²) in [4.78, 5) is 26.7. The molecule has 1 aliphatic rings. The number of carbonyl (C=O) groups is 2. The van der Waals surface area contributed by atoms with E-state index in [1.165, 1.54) is 0 Å². The SMILES string of the molecule is CC(C(=O)N[C@@H](CO)C(=O)N1CCCCCC1)c1ccccc1. The first kappa shape index (κ1) is 17.5. The lowest BCUT2D eigenvalue weighted by Crippen LogP contribution is -2.51. The molecule has 2 atom stereocenters. The Morgan fingerprint density at radius 3 is 2.30 bits per heavy atom. The minimum Gasteiger partial charge on any atom is -0.394 e. The van der Waals surface area contributed by atoms with Gasteiger partial charge in [-0.05, 0) is 25.3 Å². The van der Waals surface area contributed by atoms with Crippen molar-refractivity contribution in [3.05, 3.63) is 35.9 Å². The van der Waals surface area contributed by atoms with Crippen LogP contribution in [0.1, 0.15) is 44.1 Å². The van der Waals surface area contributed by atoms with Gasteiger partial charge in [0.15, 0.2) is 0 Å². The summed E-state index contributed by atoms with van der Waals surface area (Å²) in [6, 6.07) is 8.57. The van der Waals surface area contributed by atoms with Gasteiger partial charge in [0.05, 0.1) is 12.5 Å². The van der Waals surface area contributed by atoms with E-state index in [1.54, 1.807) is 11.8 Å². The maximum atomic E-state index is 12.5. The summed E-state index contributed by atoms with van der Waals surface area (Å²) in [5.74, 6) is -0.774. The van der Waals surface area contributed by atoms with Gasteiger partial charge in [0.1, 0.15) is 6.04 Å². The van der Waals surface area contributed by atoms with Gasteiger partial charge in [-0.3, -0.25) is 9.59 Å². The Hall–Kier alpha value is -1.88. The molecule has 1 unspecified atom stereocenters. The van der Waals surface area contributed by atoms with Crippen molar-refractivity contribution in [2.24, 2.45) is 0 Å². The van der Waals surface area contributed by atoms with Crippen molar-refractivity contribution in [2.45, 2.75) is 44.6 Å². The van der Waals surface area contributed by atoms with E-state index in [2.05, 4.69) is 5.32 Å². The van der Waals surface area contributed by atoms with Crippen molar-refractivity contribution in [3.8, 4) is 0 Å². The fraction of sp³-hybridized carbons (Fsp3) is 0.556. The number of aliphatic hydroxyl groups excluding tert-OH is 1. The highest BCUT2D eigenvalue weighted by atomic mass is 16.3. The van der Waals surface area contributed by atoms with Crippen LogP contribution in [0.3, 0.4) is 0 Å². The van der Waals surface area contributed by atoms with Crippen LogP contribution >= 0.6 is 0 Å². The van der Waals surface area contributed by atoms with Crippen molar-refractivity contribution in [1.82, 2.24) is 10.2 Å². The van der Waals surface area contributed by atoms with Crippen LogP contribution in [0.4, 0.5) is 0 Å². The van der Waals surface area contributed by atoms with Gasteiger partial charge >= 0.3 is 0 Å². The highest BCUT2D eigenvalue weighted by Crippen LogP contribution is 2.15. The van der Waals surface area contributed by atoms with Crippen LogP contribution in [0.2, 0.25) is 0 Å². The van der Waals surface area contributed by atoms with Crippen LogP contribution in [0.25, 0.3) is 0 Å². The van der Waals surface area contributed by atoms with Crippen LogP contribution in [-0.4, -0.2) is 47.6 Å². The maximum Gasteiger partial charge on any atom is 0.247 e. The number of carbonyl (C=O) groups excluding carboxylic acids is 2. The van der Waals surface area contributed by atoms with Crippen LogP contribution in [0.5, 0.6) is 0 Å². The molecule has 2 N–H and O–H groups in total. The van der Waals surface area contributed by atoms with Crippen molar-refractivity contribution in [3.63, 3.8) is 0 Å². The molecule has 1 aromatic carbocycles. The molecule has 1 heterocycles. The molecule has 0 spiro atoms. The van der Waals surface area contributed by atoms with Gasteiger partial charge in [-0.25, -0.2) is 0 Å². The molecule has 0 saturated carbocycles. The quantitative estimate of drug-likeness (QED) is 0.867. The number of hydrogen-bond acceptors (Lipinski definition) is 3. The normalized spacial score (nSPS) is 17.9.